The lowest BCUT2D eigenvalue weighted by Gasteiger charge is -2.07. The third kappa shape index (κ3) is 4.33. The number of hydrogen-bond acceptors (Lipinski definition) is 3. The fourth-order valence-electron chi connectivity index (χ4n) is 2.18. The highest BCUT2D eigenvalue weighted by Crippen LogP contribution is 2.23. The van der Waals surface area contributed by atoms with Crippen LogP contribution in [0.3, 0.4) is 0 Å². The highest BCUT2D eigenvalue weighted by Gasteiger charge is 2.04. The third-order valence-electron chi connectivity index (χ3n) is 3.48. The van der Waals surface area contributed by atoms with Gasteiger partial charge in [0.15, 0.2) is 0 Å². The van der Waals surface area contributed by atoms with E-state index in [-0.39, 0.29) is 5.91 Å². The summed E-state index contributed by atoms with van der Waals surface area (Å²) in [7, 11) is 0. The van der Waals surface area contributed by atoms with Gasteiger partial charge in [0, 0.05) is 5.56 Å². The Morgan fingerprint density at radius 2 is 1.59 bits per heavy atom. The predicted octanol–water partition coefficient (Wildman–Crippen LogP) is 3.53. The van der Waals surface area contributed by atoms with Crippen molar-refractivity contribution < 1.29 is 9.53 Å². The Morgan fingerprint density at radius 1 is 1.00 bits per heavy atom. The number of nitrogens with two attached hydrogens (primary N) is 1. The van der Waals surface area contributed by atoms with Crippen LogP contribution in [0.4, 0.5) is 0 Å². The number of amides is 1. The molecule has 0 unspecified atom stereocenters. The Labute approximate surface area is 131 Å². The van der Waals surface area contributed by atoms with Gasteiger partial charge in [0.1, 0.15) is 5.75 Å². The summed E-state index contributed by atoms with van der Waals surface area (Å²) in [6, 6.07) is 15.3. The molecule has 1 amide bonds. The maximum Gasteiger partial charge on any atom is 0.265 e. The number of rotatable bonds is 7. The van der Waals surface area contributed by atoms with E-state index in [2.05, 4.69) is 12.3 Å². The van der Waals surface area contributed by atoms with Crippen LogP contribution in [0.1, 0.15) is 36.5 Å². The van der Waals surface area contributed by atoms with Gasteiger partial charge in [-0.25, -0.2) is 5.84 Å². The highest BCUT2D eigenvalue weighted by molar-refractivity contribution is 5.94. The SMILES string of the molecule is CCCCCOc1ccc(-c2ccc(C(=O)NN)cc2)cc1. The van der Waals surface area contributed by atoms with Gasteiger partial charge in [-0.05, 0) is 41.8 Å². The summed E-state index contributed by atoms with van der Waals surface area (Å²) in [5, 5.41) is 0. The molecule has 0 fully saturated rings. The molecule has 0 aliphatic carbocycles. The minimum atomic E-state index is -0.289. The molecule has 2 rings (SSSR count). The van der Waals surface area contributed by atoms with Crippen LogP contribution in [-0.2, 0) is 0 Å². The zero-order chi connectivity index (χ0) is 15.8. The van der Waals surface area contributed by atoms with Gasteiger partial charge in [-0.3, -0.25) is 10.2 Å². The highest BCUT2D eigenvalue weighted by atomic mass is 16.5. The Morgan fingerprint density at radius 3 is 2.14 bits per heavy atom. The molecule has 4 nitrogen and oxygen atoms in total. The third-order valence-corrected chi connectivity index (χ3v) is 3.48. The lowest BCUT2D eigenvalue weighted by molar-refractivity contribution is 0.0953. The van der Waals surface area contributed by atoms with E-state index in [1.165, 1.54) is 12.8 Å². The molecule has 0 aliphatic rings. The summed E-state index contributed by atoms with van der Waals surface area (Å²) in [6.45, 7) is 2.94. The molecule has 0 saturated carbocycles. The van der Waals surface area contributed by atoms with Gasteiger partial charge in [-0.15, -0.1) is 0 Å². The van der Waals surface area contributed by atoms with E-state index in [0.29, 0.717) is 5.56 Å². The fourth-order valence-corrected chi connectivity index (χ4v) is 2.18. The number of carbonyl (C=O) groups is 1. The quantitative estimate of drug-likeness (QED) is 0.356. The molecule has 2 aromatic rings. The predicted molar refractivity (Wildman–Crippen MR) is 88.6 cm³/mol. The van der Waals surface area contributed by atoms with Gasteiger partial charge in [0.2, 0.25) is 0 Å². The molecular weight excluding hydrogens is 276 g/mol. The summed E-state index contributed by atoms with van der Waals surface area (Å²) >= 11 is 0. The van der Waals surface area contributed by atoms with Gasteiger partial charge >= 0.3 is 0 Å². The van der Waals surface area contributed by atoms with Gasteiger partial charge in [-0.2, -0.15) is 0 Å². The summed E-state index contributed by atoms with van der Waals surface area (Å²) in [6.07, 6.45) is 3.48. The van der Waals surface area contributed by atoms with Crippen molar-refractivity contribution in [3.05, 3.63) is 54.1 Å². The number of nitrogens with one attached hydrogen (secondary N) is 1. The molecular formula is C18H22N2O2. The molecule has 0 radical (unpaired) electrons. The average Bonchev–Trinajstić information content (AvgIpc) is 2.59. The maximum atomic E-state index is 11.4. The number of hydrogen-bond donors (Lipinski definition) is 2. The molecule has 0 saturated heterocycles. The number of hydrazine groups is 1. The van der Waals surface area contributed by atoms with Gasteiger partial charge in [-0.1, -0.05) is 44.0 Å². The maximum absolute atomic E-state index is 11.4. The Balaban J connectivity index is 1.99. The molecule has 116 valence electrons. The Bertz CT molecular complexity index is 591. The molecule has 0 aliphatic heterocycles. The average molecular weight is 298 g/mol. The van der Waals surface area contributed by atoms with Crippen molar-refractivity contribution in [2.75, 3.05) is 6.61 Å². The van der Waals surface area contributed by atoms with Gasteiger partial charge in [0.25, 0.3) is 5.91 Å². The molecule has 2 aromatic carbocycles. The molecule has 3 N–H and O–H groups in total. The van der Waals surface area contributed by atoms with Crippen molar-refractivity contribution in [3.8, 4) is 16.9 Å². The van der Waals surface area contributed by atoms with Crippen molar-refractivity contribution in [2.45, 2.75) is 26.2 Å². The molecule has 0 bridgehead atoms. The van der Waals surface area contributed by atoms with Crippen LogP contribution in [0.25, 0.3) is 11.1 Å². The van der Waals surface area contributed by atoms with E-state index in [0.717, 1.165) is 29.9 Å². The topological polar surface area (TPSA) is 64.3 Å². The molecule has 0 atom stereocenters. The van der Waals surface area contributed by atoms with Crippen LogP contribution in [0.15, 0.2) is 48.5 Å². The van der Waals surface area contributed by atoms with Crippen LogP contribution in [-0.4, -0.2) is 12.5 Å². The molecule has 0 spiro atoms. The number of benzene rings is 2. The smallest absolute Gasteiger partial charge is 0.265 e. The minimum Gasteiger partial charge on any atom is -0.494 e. The van der Waals surface area contributed by atoms with E-state index in [9.17, 15) is 4.79 Å². The van der Waals surface area contributed by atoms with E-state index in [1.807, 2.05) is 36.4 Å². The zero-order valence-electron chi connectivity index (χ0n) is 12.8. The number of ether oxygens (including phenoxy) is 1. The number of carbonyl (C=O) groups excluding carboxylic acids is 1. The fraction of sp³-hybridized carbons (Fsp3) is 0.278. The standard InChI is InChI=1S/C18H22N2O2/c1-2-3-4-13-22-17-11-9-15(10-12-17)14-5-7-16(8-6-14)18(21)20-19/h5-12H,2-4,13,19H2,1H3,(H,20,21). The lowest BCUT2D eigenvalue weighted by Crippen LogP contribution is -2.29. The van der Waals surface area contributed by atoms with Crippen molar-refractivity contribution in [1.82, 2.24) is 5.43 Å². The summed E-state index contributed by atoms with van der Waals surface area (Å²) in [4.78, 5) is 11.4. The normalized spacial score (nSPS) is 10.3. The lowest BCUT2D eigenvalue weighted by atomic mass is 10.0. The summed E-state index contributed by atoms with van der Waals surface area (Å²) in [5.41, 5.74) is 4.80. The van der Waals surface area contributed by atoms with Gasteiger partial charge in [0.05, 0.1) is 6.61 Å². The first kappa shape index (κ1) is 16.0. The van der Waals surface area contributed by atoms with Crippen LogP contribution in [0.2, 0.25) is 0 Å². The van der Waals surface area contributed by atoms with Crippen molar-refractivity contribution in [1.29, 1.82) is 0 Å². The number of unbranched alkanes of at least 4 members (excludes halogenated alkanes) is 2. The van der Waals surface area contributed by atoms with Crippen LogP contribution < -0.4 is 16.0 Å². The Kier molecular flexibility index (Phi) is 5.98. The Hall–Kier alpha value is -2.33. The largest absolute Gasteiger partial charge is 0.494 e. The summed E-state index contributed by atoms with van der Waals surface area (Å²) in [5.74, 6) is 5.71. The van der Waals surface area contributed by atoms with Crippen molar-refractivity contribution in [2.24, 2.45) is 5.84 Å². The van der Waals surface area contributed by atoms with Crippen molar-refractivity contribution >= 4 is 5.91 Å². The second kappa shape index (κ2) is 8.20. The molecule has 0 heterocycles. The van der Waals surface area contributed by atoms with Crippen molar-refractivity contribution in [3.63, 3.8) is 0 Å². The second-order valence-corrected chi connectivity index (χ2v) is 5.13. The van der Waals surface area contributed by atoms with E-state index < -0.39 is 0 Å². The monoisotopic (exact) mass is 298 g/mol. The first-order chi connectivity index (χ1) is 10.7. The van der Waals surface area contributed by atoms with Gasteiger partial charge < -0.3 is 4.74 Å². The van der Waals surface area contributed by atoms with E-state index in [1.54, 1.807) is 12.1 Å². The van der Waals surface area contributed by atoms with Crippen LogP contribution >= 0.6 is 0 Å². The zero-order valence-corrected chi connectivity index (χ0v) is 12.8. The second-order valence-electron chi connectivity index (χ2n) is 5.13. The molecule has 4 heteroatoms. The molecule has 0 aromatic heterocycles. The summed E-state index contributed by atoms with van der Waals surface area (Å²) < 4.78 is 5.70. The van der Waals surface area contributed by atoms with E-state index in [4.69, 9.17) is 10.6 Å². The first-order valence-corrected chi connectivity index (χ1v) is 7.59. The number of nitrogen functional groups attached to an aromatic ring is 1. The van der Waals surface area contributed by atoms with Crippen LogP contribution in [0, 0.1) is 0 Å². The minimum absolute atomic E-state index is 0.289. The van der Waals surface area contributed by atoms with E-state index >= 15 is 0 Å². The van der Waals surface area contributed by atoms with Crippen LogP contribution in [0.5, 0.6) is 5.75 Å². The molecule has 22 heavy (non-hydrogen) atoms. The first-order valence-electron chi connectivity index (χ1n) is 7.59.